The number of hydrogen-bond acceptors (Lipinski definition) is 8. The van der Waals surface area contributed by atoms with Gasteiger partial charge in [0.15, 0.2) is 23.1 Å². The van der Waals surface area contributed by atoms with Crippen LogP contribution >= 0.6 is 0 Å². The second-order valence-corrected chi connectivity index (χ2v) is 8.27. The van der Waals surface area contributed by atoms with Gasteiger partial charge >= 0.3 is 6.03 Å². The summed E-state index contributed by atoms with van der Waals surface area (Å²) in [6, 6.07) is 6.65. The molecule has 0 radical (unpaired) electrons. The lowest BCUT2D eigenvalue weighted by Gasteiger charge is -2.25. The van der Waals surface area contributed by atoms with Gasteiger partial charge in [0.2, 0.25) is 0 Å². The average Bonchev–Trinajstić information content (AvgIpc) is 3.49. The minimum Gasteiger partial charge on any atom is -0.494 e. The number of benzene rings is 1. The second kappa shape index (κ2) is 10.6. The van der Waals surface area contributed by atoms with Crippen LogP contribution in [0.3, 0.4) is 0 Å². The van der Waals surface area contributed by atoms with Crippen LogP contribution in [0.1, 0.15) is 41.3 Å². The third-order valence-corrected chi connectivity index (χ3v) is 6.14. The molecular formula is C24H31N9O3. The summed E-state index contributed by atoms with van der Waals surface area (Å²) < 4.78 is 29.5. The fourth-order valence-corrected chi connectivity index (χ4v) is 4.31. The SMILES string of the molecule is [2H]C([2H])([2H])NC(=O)c1nnc(N2CCN(C(CC)CC)C2=O)cc1Nc1cccc(-c2ncn(C)n2)c1OC. The van der Waals surface area contributed by atoms with Crippen molar-refractivity contribution in [3.63, 3.8) is 0 Å². The molecule has 3 aromatic rings. The molecule has 0 unspecified atom stereocenters. The van der Waals surface area contributed by atoms with Crippen molar-refractivity contribution in [2.24, 2.45) is 7.05 Å². The van der Waals surface area contributed by atoms with Crippen molar-refractivity contribution in [3.05, 3.63) is 36.3 Å². The maximum atomic E-state index is 13.2. The first kappa shape index (κ1) is 21.1. The molecule has 4 rings (SSSR count). The molecule has 0 atom stereocenters. The Hall–Kier alpha value is -4.22. The first-order valence-corrected chi connectivity index (χ1v) is 11.6. The van der Waals surface area contributed by atoms with E-state index < -0.39 is 12.9 Å². The van der Waals surface area contributed by atoms with Gasteiger partial charge in [-0.15, -0.1) is 10.2 Å². The van der Waals surface area contributed by atoms with Gasteiger partial charge in [0.25, 0.3) is 5.91 Å². The Kier molecular flexibility index (Phi) is 6.20. The maximum absolute atomic E-state index is 13.2. The standard InChI is InChI=1S/C24H31N9O3/c1-6-15(7-2)32-11-12-33(24(32)35)19-13-18(20(29-28-19)23(34)25-3)27-17-10-8-9-16(21(17)36-5)22-26-14-31(4)30-22/h8-10,13-15H,6-7,11-12H2,1-5H3,(H,25,34)(H,27,28)/i3D3. The molecule has 12 heteroatoms. The van der Waals surface area contributed by atoms with Gasteiger partial charge in [0.1, 0.15) is 6.33 Å². The molecule has 0 bridgehead atoms. The molecule has 1 aliphatic heterocycles. The normalized spacial score (nSPS) is 15.0. The molecule has 3 heterocycles. The molecule has 190 valence electrons. The molecule has 0 saturated carbocycles. The minimum absolute atomic E-state index is 0.101. The lowest BCUT2D eigenvalue weighted by molar-refractivity contribution is 0.0958. The van der Waals surface area contributed by atoms with E-state index in [9.17, 15) is 9.59 Å². The van der Waals surface area contributed by atoms with Crippen molar-refractivity contribution in [1.82, 2.24) is 35.2 Å². The summed E-state index contributed by atoms with van der Waals surface area (Å²) in [5, 5.41) is 17.5. The summed E-state index contributed by atoms with van der Waals surface area (Å²) in [6.07, 6.45) is 3.21. The third-order valence-electron chi connectivity index (χ3n) is 6.14. The number of amides is 3. The number of aryl methyl sites for hydroxylation is 1. The van der Waals surface area contributed by atoms with Crippen LogP contribution in [0.2, 0.25) is 0 Å². The highest BCUT2D eigenvalue weighted by Crippen LogP contribution is 2.37. The number of rotatable bonds is 9. The quantitative estimate of drug-likeness (QED) is 0.462. The summed E-state index contributed by atoms with van der Waals surface area (Å²) >= 11 is 0. The monoisotopic (exact) mass is 496 g/mol. The minimum atomic E-state index is -2.74. The van der Waals surface area contributed by atoms with E-state index in [1.54, 1.807) is 41.2 Å². The van der Waals surface area contributed by atoms with Crippen molar-refractivity contribution in [3.8, 4) is 17.1 Å². The number of para-hydroxylation sites is 1. The van der Waals surface area contributed by atoms with Crippen molar-refractivity contribution in [2.45, 2.75) is 32.7 Å². The Morgan fingerprint density at radius 3 is 2.69 bits per heavy atom. The molecule has 0 spiro atoms. The van der Waals surface area contributed by atoms with Gasteiger partial charge in [-0.3, -0.25) is 14.4 Å². The predicted molar refractivity (Wildman–Crippen MR) is 136 cm³/mol. The van der Waals surface area contributed by atoms with Crippen molar-refractivity contribution < 1.29 is 18.4 Å². The van der Waals surface area contributed by atoms with E-state index in [0.717, 1.165) is 12.8 Å². The number of aromatic nitrogens is 5. The molecule has 36 heavy (non-hydrogen) atoms. The molecule has 1 aliphatic rings. The number of carbonyl (C=O) groups excluding carboxylic acids is 2. The summed E-state index contributed by atoms with van der Waals surface area (Å²) in [6.45, 7) is 2.26. The molecule has 1 fully saturated rings. The summed E-state index contributed by atoms with van der Waals surface area (Å²) in [5.41, 5.74) is 0.909. The van der Waals surface area contributed by atoms with Gasteiger partial charge in [-0.1, -0.05) is 19.9 Å². The maximum Gasteiger partial charge on any atom is 0.326 e. The zero-order valence-electron chi connectivity index (χ0n) is 23.6. The Morgan fingerprint density at radius 2 is 2.03 bits per heavy atom. The zero-order valence-corrected chi connectivity index (χ0v) is 20.6. The highest BCUT2D eigenvalue weighted by atomic mass is 16.5. The Bertz CT molecular complexity index is 1360. The van der Waals surface area contributed by atoms with Crippen LogP contribution < -0.4 is 20.3 Å². The number of nitrogens with one attached hydrogen (secondary N) is 2. The largest absolute Gasteiger partial charge is 0.494 e. The van der Waals surface area contributed by atoms with E-state index in [-0.39, 0.29) is 29.3 Å². The Labute approximate surface area is 213 Å². The van der Waals surface area contributed by atoms with E-state index in [2.05, 4.69) is 25.6 Å². The molecular weight excluding hydrogens is 462 g/mol. The molecule has 2 aromatic heterocycles. The fraction of sp³-hybridized carbons (Fsp3) is 0.417. The smallest absolute Gasteiger partial charge is 0.326 e. The average molecular weight is 497 g/mol. The number of hydrogen-bond donors (Lipinski definition) is 2. The van der Waals surface area contributed by atoms with Crippen LogP contribution in [0.25, 0.3) is 11.4 Å². The summed E-state index contributed by atoms with van der Waals surface area (Å²) in [7, 11) is 3.23. The summed E-state index contributed by atoms with van der Waals surface area (Å²) in [4.78, 5) is 33.7. The summed E-state index contributed by atoms with van der Waals surface area (Å²) in [5.74, 6) is 0.0878. The van der Waals surface area contributed by atoms with E-state index in [4.69, 9.17) is 8.85 Å². The fourth-order valence-electron chi connectivity index (χ4n) is 4.31. The second-order valence-electron chi connectivity index (χ2n) is 8.27. The van der Waals surface area contributed by atoms with Crippen LogP contribution in [0.15, 0.2) is 30.6 Å². The van der Waals surface area contributed by atoms with Crippen molar-refractivity contribution in [2.75, 3.05) is 37.4 Å². The van der Waals surface area contributed by atoms with Gasteiger partial charge in [0.05, 0.1) is 24.0 Å². The van der Waals surface area contributed by atoms with Gasteiger partial charge in [-0.2, -0.15) is 5.10 Å². The highest BCUT2D eigenvalue weighted by molar-refractivity contribution is 6.00. The highest BCUT2D eigenvalue weighted by Gasteiger charge is 2.34. The van der Waals surface area contributed by atoms with Crippen molar-refractivity contribution >= 4 is 29.1 Å². The molecule has 3 amide bonds. The predicted octanol–water partition coefficient (Wildman–Crippen LogP) is 2.81. The lowest BCUT2D eigenvalue weighted by atomic mass is 10.1. The number of urea groups is 1. The van der Waals surface area contributed by atoms with E-state index in [1.807, 2.05) is 19.2 Å². The molecule has 1 aromatic carbocycles. The number of nitrogens with zero attached hydrogens (tertiary/aromatic N) is 7. The first-order valence-electron chi connectivity index (χ1n) is 13.1. The molecule has 0 aliphatic carbocycles. The van der Waals surface area contributed by atoms with Crippen LogP contribution in [-0.4, -0.2) is 75.0 Å². The van der Waals surface area contributed by atoms with Crippen LogP contribution in [0, 0.1) is 0 Å². The van der Waals surface area contributed by atoms with Gasteiger partial charge in [-0.25, -0.2) is 9.78 Å². The number of ether oxygens (including phenoxy) is 1. The molecule has 1 saturated heterocycles. The van der Waals surface area contributed by atoms with Crippen LogP contribution in [0.4, 0.5) is 22.0 Å². The number of carbonyl (C=O) groups is 2. The molecule has 2 N–H and O–H groups in total. The van der Waals surface area contributed by atoms with E-state index in [0.29, 0.717) is 35.9 Å². The van der Waals surface area contributed by atoms with Crippen LogP contribution in [-0.2, 0) is 7.05 Å². The van der Waals surface area contributed by atoms with Crippen LogP contribution in [0.5, 0.6) is 5.75 Å². The lowest BCUT2D eigenvalue weighted by Crippen LogP contribution is -2.39. The number of anilines is 3. The van der Waals surface area contributed by atoms with Gasteiger partial charge in [0, 0.05) is 43.3 Å². The van der Waals surface area contributed by atoms with Gasteiger partial charge < -0.3 is 20.3 Å². The van der Waals surface area contributed by atoms with Gasteiger partial charge in [-0.05, 0) is 25.0 Å². The van der Waals surface area contributed by atoms with Crippen molar-refractivity contribution in [1.29, 1.82) is 0 Å². The first-order chi connectivity index (χ1) is 18.6. The Balaban J connectivity index is 1.75. The zero-order chi connectivity index (χ0) is 28.3. The van der Waals surface area contributed by atoms with E-state index >= 15 is 0 Å². The third kappa shape index (κ3) is 4.66. The Morgan fingerprint density at radius 1 is 1.22 bits per heavy atom. The number of methoxy groups -OCH3 is 1. The molecule has 12 nitrogen and oxygen atoms in total. The van der Waals surface area contributed by atoms with E-state index in [1.165, 1.54) is 18.1 Å². The topological polar surface area (TPSA) is 130 Å².